The summed E-state index contributed by atoms with van der Waals surface area (Å²) in [7, 11) is -1.90. The van der Waals surface area contributed by atoms with E-state index in [0.29, 0.717) is 13.0 Å². The number of para-hydroxylation sites is 1. The van der Waals surface area contributed by atoms with E-state index in [2.05, 4.69) is 50.9 Å². The topological polar surface area (TPSA) is 29.5 Å². The largest absolute Gasteiger partial charge is 0.414 e. The fraction of sp³-hybridized carbons (Fsp3) is 0.526. The zero-order valence-electron chi connectivity index (χ0n) is 15.2. The van der Waals surface area contributed by atoms with Crippen LogP contribution in [-0.4, -0.2) is 26.7 Å². The average Bonchev–Trinajstić information content (AvgIpc) is 2.79. The molecule has 1 atom stereocenters. The van der Waals surface area contributed by atoms with Gasteiger partial charge in [0.2, 0.25) is 0 Å². The molecular formula is C19H29NO2Si. The standard InChI is InChI=1S/C19H29NO2Si/c1-7-12-20-17-11-9-8-10-16(17)13-19(20,14-21)15-22-23(5,6)18(2,3)4/h7-12,14H,13,15H2,1-6H3. The highest BCUT2D eigenvalue weighted by Gasteiger charge is 2.46. The Kier molecular flexibility index (Phi) is 4.88. The number of hydrogen-bond donors (Lipinski definition) is 0. The van der Waals surface area contributed by atoms with Crippen molar-refractivity contribution < 1.29 is 9.22 Å². The maximum absolute atomic E-state index is 12.1. The number of nitrogens with zero attached hydrogens (tertiary/aromatic N) is 1. The van der Waals surface area contributed by atoms with Crippen LogP contribution in [0.25, 0.3) is 0 Å². The smallest absolute Gasteiger partial charge is 0.192 e. The predicted molar refractivity (Wildman–Crippen MR) is 99.4 cm³/mol. The van der Waals surface area contributed by atoms with Gasteiger partial charge in [0.05, 0.1) is 6.61 Å². The number of allylic oxidation sites excluding steroid dienone is 1. The number of anilines is 1. The van der Waals surface area contributed by atoms with E-state index < -0.39 is 13.9 Å². The molecule has 0 saturated heterocycles. The maximum Gasteiger partial charge on any atom is 0.192 e. The second kappa shape index (κ2) is 6.25. The number of carbonyl (C=O) groups excluding carboxylic acids is 1. The van der Waals surface area contributed by atoms with Crippen molar-refractivity contribution in [1.82, 2.24) is 0 Å². The highest BCUT2D eigenvalue weighted by molar-refractivity contribution is 6.74. The lowest BCUT2D eigenvalue weighted by atomic mass is 9.97. The van der Waals surface area contributed by atoms with Crippen LogP contribution in [0.3, 0.4) is 0 Å². The van der Waals surface area contributed by atoms with Gasteiger partial charge in [-0.15, -0.1) is 0 Å². The van der Waals surface area contributed by atoms with Gasteiger partial charge in [0.1, 0.15) is 11.8 Å². The van der Waals surface area contributed by atoms with Crippen molar-refractivity contribution in [2.24, 2.45) is 0 Å². The van der Waals surface area contributed by atoms with Gasteiger partial charge >= 0.3 is 0 Å². The molecular weight excluding hydrogens is 302 g/mol. The van der Waals surface area contributed by atoms with Crippen molar-refractivity contribution >= 4 is 20.3 Å². The zero-order valence-corrected chi connectivity index (χ0v) is 16.2. The van der Waals surface area contributed by atoms with Gasteiger partial charge in [0, 0.05) is 18.3 Å². The molecule has 0 radical (unpaired) electrons. The van der Waals surface area contributed by atoms with Crippen LogP contribution < -0.4 is 4.90 Å². The van der Waals surface area contributed by atoms with Gasteiger partial charge in [0.15, 0.2) is 8.32 Å². The van der Waals surface area contributed by atoms with E-state index >= 15 is 0 Å². The summed E-state index contributed by atoms with van der Waals surface area (Å²) < 4.78 is 6.41. The highest BCUT2D eigenvalue weighted by Crippen LogP contribution is 2.41. The van der Waals surface area contributed by atoms with Crippen molar-refractivity contribution in [2.45, 2.75) is 57.8 Å². The van der Waals surface area contributed by atoms with Crippen LogP contribution in [0.2, 0.25) is 18.1 Å². The number of aldehydes is 1. The second-order valence-corrected chi connectivity index (χ2v) is 12.7. The Hall–Kier alpha value is -1.39. The molecule has 0 spiro atoms. The lowest BCUT2D eigenvalue weighted by Crippen LogP contribution is -2.53. The fourth-order valence-electron chi connectivity index (χ4n) is 2.70. The zero-order chi connectivity index (χ0) is 17.3. The molecule has 1 aliphatic heterocycles. The Labute approximate surface area is 141 Å². The van der Waals surface area contributed by atoms with E-state index in [1.807, 2.05) is 31.3 Å². The third-order valence-electron chi connectivity index (χ3n) is 5.23. The summed E-state index contributed by atoms with van der Waals surface area (Å²) in [6.45, 7) is 13.5. The Morgan fingerprint density at radius 1 is 1.30 bits per heavy atom. The van der Waals surface area contributed by atoms with Crippen molar-refractivity contribution in [1.29, 1.82) is 0 Å². The quantitative estimate of drug-likeness (QED) is 0.586. The monoisotopic (exact) mass is 331 g/mol. The second-order valence-electron chi connectivity index (χ2n) is 7.93. The van der Waals surface area contributed by atoms with Crippen LogP contribution in [0.15, 0.2) is 36.5 Å². The number of rotatable bonds is 5. The summed E-state index contributed by atoms with van der Waals surface area (Å²) in [5.74, 6) is 0. The molecule has 0 aromatic heterocycles. The fourth-order valence-corrected chi connectivity index (χ4v) is 3.75. The first-order valence-electron chi connectivity index (χ1n) is 8.27. The maximum atomic E-state index is 12.1. The normalized spacial score (nSPS) is 21.7. The van der Waals surface area contributed by atoms with Crippen LogP contribution in [0.1, 0.15) is 33.3 Å². The lowest BCUT2D eigenvalue weighted by Gasteiger charge is -2.41. The predicted octanol–water partition coefficient (Wildman–Crippen LogP) is 4.54. The van der Waals surface area contributed by atoms with E-state index in [0.717, 1.165) is 12.0 Å². The molecule has 0 N–H and O–H groups in total. The Morgan fingerprint density at radius 3 is 2.52 bits per heavy atom. The number of hydrogen-bond acceptors (Lipinski definition) is 3. The minimum atomic E-state index is -1.90. The molecule has 1 heterocycles. The van der Waals surface area contributed by atoms with E-state index in [-0.39, 0.29) is 5.04 Å². The number of benzene rings is 1. The van der Waals surface area contributed by atoms with Crippen LogP contribution >= 0.6 is 0 Å². The Morgan fingerprint density at radius 2 is 1.96 bits per heavy atom. The van der Waals surface area contributed by atoms with Crippen LogP contribution in [0, 0.1) is 0 Å². The van der Waals surface area contributed by atoms with Gasteiger partial charge in [-0.05, 0) is 36.7 Å². The van der Waals surface area contributed by atoms with Crippen LogP contribution in [0.5, 0.6) is 0 Å². The molecule has 1 aliphatic rings. The van der Waals surface area contributed by atoms with Crippen molar-refractivity contribution in [3.8, 4) is 0 Å². The first-order valence-corrected chi connectivity index (χ1v) is 11.2. The lowest BCUT2D eigenvalue weighted by molar-refractivity contribution is -0.113. The minimum Gasteiger partial charge on any atom is -0.414 e. The summed E-state index contributed by atoms with van der Waals surface area (Å²) >= 11 is 0. The van der Waals surface area contributed by atoms with Gasteiger partial charge in [0.25, 0.3) is 0 Å². The summed E-state index contributed by atoms with van der Waals surface area (Å²) in [6.07, 6.45) is 5.74. The van der Waals surface area contributed by atoms with E-state index in [1.165, 1.54) is 5.56 Å². The molecule has 2 rings (SSSR count). The van der Waals surface area contributed by atoms with Crippen molar-refractivity contribution in [2.75, 3.05) is 11.5 Å². The molecule has 1 aromatic rings. The molecule has 0 amide bonds. The van der Waals surface area contributed by atoms with Gasteiger partial charge < -0.3 is 14.1 Å². The molecule has 1 unspecified atom stereocenters. The van der Waals surface area contributed by atoms with Crippen LogP contribution in [0.4, 0.5) is 5.69 Å². The molecule has 0 bridgehead atoms. The van der Waals surface area contributed by atoms with Crippen molar-refractivity contribution in [3.05, 3.63) is 42.1 Å². The van der Waals surface area contributed by atoms with Gasteiger partial charge in [-0.2, -0.15) is 0 Å². The molecule has 1 aromatic carbocycles. The third-order valence-corrected chi connectivity index (χ3v) is 9.71. The van der Waals surface area contributed by atoms with E-state index in [1.54, 1.807) is 0 Å². The minimum absolute atomic E-state index is 0.133. The van der Waals surface area contributed by atoms with E-state index in [4.69, 9.17) is 4.43 Å². The molecule has 23 heavy (non-hydrogen) atoms. The highest BCUT2D eigenvalue weighted by atomic mass is 28.4. The summed E-state index contributed by atoms with van der Waals surface area (Å²) in [4.78, 5) is 14.2. The van der Waals surface area contributed by atoms with Crippen LogP contribution in [-0.2, 0) is 15.6 Å². The Bertz CT molecular complexity index is 604. The third kappa shape index (κ3) is 3.28. The molecule has 3 nitrogen and oxygen atoms in total. The number of fused-ring (bicyclic) bond motifs is 1. The average molecular weight is 332 g/mol. The first-order chi connectivity index (χ1) is 10.7. The molecule has 0 aliphatic carbocycles. The molecule has 4 heteroatoms. The van der Waals surface area contributed by atoms with Crippen molar-refractivity contribution in [3.63, 3.8) is 0 Å². The molecule has 0 saturated carbocycles. The van der Waals surface area contributed by atoms with E-state index in [9.17, 15) is 4.79 Å². The SMILES string of the molecule is CC=CN1c2ccccc2CC1(C=O)CO[Si](C)(C)C(C)(C)C. The Balaban J connectivity index is 2.32. The number of carbonyl (C=O) groups is 1. The molecule has 0 fully saturated rings. The summed E-state index contributed by atoms with van der Waals surface area (Å²) in [6, 6.07) is 8.23. The first kappa shape index (κ1) is 18.0. The van der Waals surface area contributed by atoms with Gasteiger partial charge in [-0.1, -0.05) is 45.0 Å². The van der Waals surface area contributed by atoms with Gasteiger partial charge in [-0.25, -0.2) is 0 Å². The molecule has 126 valence electrons. The summed E-state index contributed by atoms with van der Waals surface area (Å²) in [5, 5.41) is 0.133. The van der Waals surface area contributed by atoms with Gasteiger partial charge in [-0.3, -0.25) is 0 Å². The summed E-state index contributed by atoms with van der Waals surface area (Å²) in [5.41, 5.74) is 1.68.